The van der Waals surface area contributed by atoms with Crippen LogP contribution in [-0.2, 0) is 24.8 Å². The number of benzene rings is 2. The number of likely N-dealkylation sites (tertiary alicyclic amines) is 1. The van der Waals surface area contributed by atoms with Crippen molar-refractivity contribution in [3.05, 3.63) is 70.7 Å². The Balaban J connectivity index is 1.49. The van der Waals surface area contributed by atoms with Crippen LogP contribution in [0.15, 0.2) is 36.9 Å². The van der Waals surface area contributed by atoms with E-state index in [0.29, 0.717) is 50.1 Å². The first-order chi connectivity index (χ1) is 16.9. The summed E-state index contributed by atoms with van der Waals surface area (Å²) in [6, 6.07) is 6.50. The maximum Gasteiger partial charge on any atom is 0.166 e. The minimum Gasteiger partial charge on any atom is -0.504 e. The highest BCUT2D eigenvalue weighted by Crippen LogP contribution is 2.69. The summed E-state index contributed by atoms with van der Waals surface area (Å²) in [5.74, 6) is 0.198. The zero-order valence-electron chi connectivity index (χ0n) is 19.3. The molecule has 3 N–H and O–H groups in total. The number of aryl methyl sites for hydroxylation is 1. The zero-order valence-corrected chi connectivity index (χ0v) is 19.3. The first-order valence-electron chi connectivity index (χ1n) is 12.5. The topological polar surface area (TPSA) is 78.1 Å². The highest BCUT2D eigenvalue weighted by Gasteiger charge is 2.73. The molecule has 1 saturated heterocycles. The predicted octanol–water partition coefficient (Wildman–Crippen LogP) is 3.40. The summed E-state index contributed by atoms with van der Waals surface area (Å²) in [7, 11) is 0. The van der Waals surface area contributed by atoms with Gasteiger partial charge in [-0.05, 0) is 48.6 Å². The smallest absolute Gasteiger partial charge is 0.166 e. The maximum absolute atomic E-state index is 14.8. The van der Waals surface area contributed by atoms with Gasteiger partial charge >= 0.3 is 0 Å². The number of hydrogen-bond acceptors (Lipinski definition) is 5. The van der Waals surface area contributed by atoms with Crippen LogP contribution in [0, 0.1) is 5.82 Å². The molecule has 0 radical (unpaired) electrons. The molecule has 0 saturated carbocycles. The molecule has 35 heavy (non-hydrogen) atoms. The number of phenols is 1. The first-order valence-corrected chi connectivity index (χ1v) is 12.5. The Labute approximate surface area is 201 Å². The van der Waals surface area contributed by atoms with Gasteiger partial charge in [0.25, 0.3) is 0 Å². The molecule has 180 valence electrons. The molecule has 3 aliphatic heterocycles. The minimum atomic E-state index is -1.16. The minimum absolute atomic E-state index is 0.0975. The fraction of sp³-hybridized carbons (Fsp3) is 0.429. The predicted molar refractivity (Wildman–Crippen MR) is 127 cm³/mol. The van der Waals surface area contributed by atoms with Crippen LogP contribution in [0.3, 0.4) is 0 Å². The molecule has 8 rings (SSSR count). The van der Waals surface area contributed by atoms with Gasteiger partial charge in [0.15, 0.2) is 17.6 Å². The fourth-order valence-electron chi connectivity index (χ4n) is 8.41. The van der Waals surface area contributed by atoms with Gasteiger partial charge in [-0.1, -0.05) is 12.1 Å². The van der Waals surface area contributed by atoms with Crippen molar-refractivity contribution in [1.29, 1.82) is 0 Å². The molecule has 5 atom stereocenters. The number of nitrogens with zero attached hydrogens (tertiary/aromatic N) is 2. The van der Waals surface area contributed by atoms with E-state index in [2.05, 4.69) is 16.0 Å². The van der Waals surface area contributed by atoms with E-state index < -0.39 is 23.2 Å². The molecule has 1 aromatic heterocycles. The standard InChI is InChI=1S/C28H27FN2O4/c1-2-7-30-9-6-27-22-14-3-4-20(33)25(22)35-26(27)24-18(13-28(27,34)21(30)10-14)16-11-15(29)12-17-19(32)5-8-31(24)23(16)17/h2-4,11-12,19,21,26,32-34H,1,5-10,13H2/t19-,21+,26-,27-,28+/m0/s1. The monoisotopic (exact) mass is 474 g/mol. The van der Waals surface area contributed by atoms with E-state index in [9.17, 15) is 19.7 Å². The van der Waals surface area contributed by atoms with Crippen LogP contribution in [0.5, 0.6) is 11.5 Å². The second-order valence-corrected chi connectivity index (χ2v) is 11.0. The molecule has 6 nitrogen and oxygen atoms in total. The van der Waals surface area contributed by atoms with E-state index in [1.54, 1.807) is 12.1 Å². The number of aliphatic hydroxyl groups is 2. The number of rotatable bonds is 2. The number of aromatic nitrogens is 1. The van der Waals surface area contributed by atoms with Crippen LogP contribution in [-0.4, -0.2) is 49.5 Å². The SMILES string of the molecule is C=CCN1CC[C@]23c4c5ccc(O)c4O[C@H]2c2c(c4cc(F)cc6c4n2CC[C@@H]6O)C[C@@]3(O)[C@H]1C5. The van der Waals surface area contributed by atoms with Crippen LogP contribution in [0.1, 0.15) is 53.0 Å². The van der Waals surface area contributed by atoms with Gasteiger partial charge in [0, 0.05) is 48.6 Å². The average Bonchev–Trinajstić information content (AvgIpc) is 3.32. The number of halogens is 1. The molecule has 0 unspecified atom stereocenters. The van der Waals surface area contributed by atoms with E-state index in [-0.39, 0.29) is 17.6 Å². The average molecular weight is 475 g/mol. The van der Waals surface area contributed by atoms with Gasteiger partial charge in [0.05, 0.1) is 28.3 Å². The Hall–Kier alpha value is -2.87. The molecular formula is C28H27FN2O4. The van der Waals surface area contributed by atoms with Crippen molar-refractivity contribution in [1.82, 2.24) is 9.47 Å². The van der Waals surface area contributed by atoms with Crippen molar-refractivity contribution >= 4 is 10.9 Å². The van der Waals surface area contributed by atoms with Crippen LogP contribution in [0.2, 0.25) is 0 Å². The second kappa shape index (κ2) is 6.27. The van der Waals surface area contributed by atoms with Gasteiger partial charge in [-0.25, -0.2) is 4.39 Å². The molecule has 2 aromatic carbocycles. The lowest BCUT2D eigenvalue weighted by Gasteiger charge is -2.62. The third-order valence-corrected chi connectivity index (χ3v) is 9.67. The zero-order chi connectivity index (χ0) is 23.9. The van der Waals surface area contributed by atoms with Crippen molar-refractivity contribution in [3.63, 3.8) is 0 Å². The third-order valence-electron chi connectivity index (χ3n) is 9.67. The Kier molecular flexibility index (Phi) is 3.64. The highest BCUT2D eigenvalue weighted by molar-refractivity contribution is 5.90. The Morgan fingerprint density at radius 1 is 1.26 bits per heavy atom. The lowest BCUT2D eigenvalue weighted by molar-refractivity contribution is -0.171. The Bertz CT molecular complexity index is 1480. The van der Waals surface area contributed by atoms with Crippen LogP contribution >= 0.6 is 0 Å². The lowest BCUT2D eigenvalue weighted by atomic mass is 9.49. The second-order valence-electron chi connectivity index (χ2n) is 11.0. The van der Waals surface area contributed by atoms with Crippen molar-refractivity contribution in [2.75, 3.05) is 13.1 Å². The summed E-state index contributed by atoms with van der Waals surface area (Å²) < 4.78 is 23.7. The quantitative estimate of drug-likeness (QED) is 0.497. The van der Waals surface area contributed by atoms with Crippen molar-refractivity contribution in [2.24, 2.45) is 0 Å². The van der Waals surface area contributed by atoms with E-state index in [4.69, 9.17) is 4.74 Å². The number of phenolic OH excluding ortho intramolecular Hbond substituents is 1. The maximum atomic E-state index is 14.8. The van der Waals surface area contributed by atoms with Crippen LogP contribution in [0.4, 0.5) is 4.39 Å². The van der Waals surface area contributed by atoms with Gasteiger partial charge in [-0.2, -0.15) is 0 Å². The van der Waals surface area contributed by atoms with E-state index >= 15 is 0 Å². The summed E-state index contributed by atoms with van der Waals surface area (Å²) in [5, 5.41) is 35.1. The van der Waals surface area contributed by atoms with E-state index in [1.165, 1.54) is 6.07 Å². The lowest BCUT2D eigenvalue weighted by Crippen LogP contribution is -2.74. The fourth-order valence-corrected chi connectivity index (χ4v) is 8.41. The van der Waals surface area contributed by atoms with Crippen LogP contribution < -0.4 is 4.74 Å². The normalized spacial score (nSPS) is 33.9. The molecule has 3 aromatic rings. The first kappa shape index (κ1) is 20.3. The summed E-state index contributed by atoms with van der Waals surface area (Å²) in [5.41, 5.74) is 3.51. The number of aromatic hydroxyl groups is 1. The molecule has 0 amide bonds. The number of fused-ring (bicyclic) bond motifs is 4. The summed E-state index contributed by atoms with van der Waals surface area (Å²) in [6.07, 6.45) is 2.87. The van der Waals surface area contributed by atoms with E-state index in [0.717, 1.165) is 39.8 Å². The van der Waals surface area contributed by atoms with Gasteiger partial charge in [-0.3, -0.25) is 4.90 Å². The molecular weight excluding hydrogens is 447 g/mol. The Morgan fingerprint density at radius 3 is 2.94 bits per heavy atom. The van der Waals surface area contributed by atoms with Gasteiger partial charge in [0.1, 0.15) is 5.82 Å². The summed E-state index contributed by atoms with van der Waals surface area (Å²) >= 11 is 0. The number of piperidine rings is 1. The highest BCUT2D eigenvalue weighted by atomic mass is 19.1. The van der Waals surface area contributed by atoms with Crippen molar-refractivity contribution in [3.8, 4) is 11.5 Å². The summed E-state index contributed by atoms with van der Waals surface area (Å²) in [6.45, 7) is 6.01. The Morgan fingerprint density at radius 2 is 2.11 bits per heavy atom. The largest absolute Gasteiger partial charge is 0.504 e. The van der Waals surface area contributed by atoms with Gasteiger partial charge < -0.3 is 24.6 Å². The van der Waals surface area contributed by atoms with Crippen LogP contribution in [0.25, 0.3) is 10.9 Å². The molecule has 2 aliphatic carbocycles. The molecule has 2 bridgehead atoms. The molecule has 1 fully saturated rings. The van der Waals surface area contributed by atoms with Gasteiger partial charge in [-0.15, -0.1) is 6.58 Å². The van der Waals surface area contributed by atoms with Crippen molar-refractivity contribution < 1.29 is 24.4 Å². The molecule has 7 heteroatoms. The third kappa shape index (κ3) is 2.10. The number of ether oxygens (including phenoxy) is 1. The summed E-state index contributed by atoms with van der Waals surface area (Å²) in [4.78, 5) is 2.31. The molecule has 1 spiro atoms. The molecule has 5 aliphatic rings. The number of hydrogen-bond donors (Lipinski definition) is 3. The molecule has 4 heterocycles. The van der Waals surface area contributed by atoms with Crippen molar-refractivity contribution in [2.45, 2.75) is 61.5 Å². The number of aliphatic hydroxyl groups excluding tert-OH is 1. The van der Waals surface area contributed by atoms with Gasteiger partial charge in [0.2, 0.25) is 0 Å². The van der Waals surface area contributed by atoms with E-state index in [1.807, 2.05) is 12.1 Å².